The topological polar surface area (TPSA) is 66.4 Å². The summed E-state index contributed by atoms with van der Waals surface area (Å²) in [4.78, 5) is 14.4. The molecule has 1 spiro atoms. The number of aliphatic hydroxyl groups is 1. The van der Waals surface area contributed by atoms with Crippen LogP contribution in [0.2, 0.25) is 0 Å². The normalized spacial score (nSPS) is 36.3. The third-order valence-corrected chi connectivity index (χ3v) is 6.14. The first-order chi connectivity index (χ1) is 10.5. The van der Waals surface area contributed by atoms with E-state index < -0.39 is 11.3 Å². The van der Waals surface area contributed by atoms with Crippen molar-refractivity contribution in [3.05, 3.63) is 0 Å². The van der Waals surface area contributed by atoms with E-state index in [4.69, 9.17) is 4.74 Å². The zero-order valence-corrected chi connectivity index (χ0v) is 15.3. The van der Waals surface area contributed by atoms with Crippen LogP contribution in [0.15, 0.2) is 0 Å². The van der Waals surface area contributed by atoms with Gasteiger partial charge in [0.1, 0.15) is 0 Å². The molecule has 5 heteroatoms. The van der Waals surface area contributed by atoms with Crippen LogP contribution >= 0.6 is 0 Å². The monoisotopic (exact) mass is 325 g/mol. The number of hydrogen-bond donors (Lipinski definition) is 2. The molecule has 0 radical (unpaired) electrons. The molecule has 0 unspecified atom stereocenters. The number of piperidine rings is 1. The van der Waals surface area contributed by atoms with E-state index in [1.807, 2.05) is 0 Å². The minimum Gasteiger partial charge on any atom is -0.438 e. The predicted octanol–water partition coefficient (Wildman–Crippen LogP) is 2.13. The number of nitrogens with zero attached hydrogens (tertiary/aromatic N) is 1. The molecule has 2 saturated heterocycles. The molecule has 1 amide bonds. The van der Waals surface area contributed by atoms with Crippen molar-refractivity contribution < 1.29 is 20.0 Å². The standard InChI is InChI=1S/C18H32N2O3/c1-15(2)11-13(12-16(3,4)19-15)20-14(21)23-18(17(20,5)22)9-7-6-8-10-18/h13,19,22H,6-12H2,1-5H3/p+1/t17-/m0/s1. The summed E-state index contributed by atoms with van der Waals surface area (Å²) in [6.45, 7) is 10.7. The van der Waals surface area contributed by atoms with Gasteiger partial charge in [-0.05, 0) is 60.3 Å². The van der Waals surface area contributed by atoms with Gasteiger partial charge < -0.3 is 15.2 Å². The Hall–Kier alpha value is -0.810. The second-order valence-electron chi connectivity index (χ2n) is 9.50. The predicted molar refractivity (Wildman–Crippen MR) is 87.9 cm³/mol. The van der Waals surface area contributed by atoms with Crippen molar-refractivity contribution in [1.82, 2.24) is 4.90 Å². The van der Waals surface area contributed by atoms with Crippen LogP contribution in [0.4, 0.5) is 4.79 Å². The molecule has 1 aliphatic carbocycles. The van der Waals surface area contributed by atoms with Gasteiger partial charge in [-0.2, -0.15) is 0 Å². The Kier molecular flexibility index (Phi) is 3.77. The largest absolute Gasteiger partial charge is 0.438 e. The molecule has 0 aromatic carbocycles. The highest BCUT2D eigenvalue weighted by Gasteiger charge is 2.64. The fourth-order valence-electron chi connectivity index (χ4n) is 5.56. The van der Waals surface area contributed by atoms with Crippen molar-refractivity contribution in [3.63, 3.8) is 0 Å². The van der Waals surface area contributed by atoms with Gasteiger partial charge in [0.15, 0.2) is 11.3 Å². The van der Waals surface area contributed by atoms with Gasteiger partial charge in [-0.15, -0.1) is 0 Å². The Labute approximate surface area is 139 Å². The van der Waals surface area contributed by atoms with Crippen molar-refractivity contribution in [3.8, 4) is 0 Å². The van der Waals surface area contributed by atoms with Crippen LogP contribution in [-0.2, 0) is 4.74 Å². The molecule has 0 aromatic rings. The Morgan fingerprint density at radius 3 is 2.09 bits per heavy atom. The minimum atomic E-state index is -1.21. The zero-order chi connectivity index (χ0) is 17.1. The van der Waals surface area contributed by atoms with Crippen molar-refractivity contribution >= 4 is 6.09 Å². The van der Waals surface area contributed by atoms with Gasteiger partial charge in [-0.25, -0.2) is 4.79 Å². The number of rotatable bonds is 1. The first-order valence-electron chi connectivity index (χ1n) is 9.10. The Morgan fingerprint density at radius 2 is 1.57 bits per heavy atom. The maximum Gasteiger partial charge on any atom is 0.413 e. The molecule has 0 bridgehead atoms. The maximum absolute atomic E-state index is 12.7. The van der Waals surface area contributed by atoms with E-state index in [0.717, 1.165) is 44.9 Å². The smallest absolute Gasteiger partial charge is 0.413 e. The summed E-state index contributed by atoms with van der Waals surface area (Å²) in [5, 5.41) is 13.8. The van der Waals surface area contributed by atoms with Gasteiger partial charge in [-0.1, -0.05) is 6.42 Å². The second-order valence-corrected chi connectivity index (χ2v) is 9.50. The number of quaternary nitrogens is 1. The second kappa shape index (κ2) is 5.09. The van der Waals surface area contributed by atoms with Gasteiger partial charge >= 0.3 is 6.09 Å². The maximum atomic E-state index is 12.7. The molecule has 3 N–H and O–H groups in total. The van der Waals surface area contributed by atoms with Crippen LogP contribution in [0.25, 0.3) is 0 Å². The van der Waals surface area contributed by atoms with Gasteiger partial charge in [-0.3, -0.25) is 4.90 Å². The average Bonchev–Trinajstić information content (AvgIpc) is 2.53. The fourth-order valence-corrected chi connectivity index (χ4v) is 5.56. The van der Waals surface area contributed by atoms with Crippen LogP contribution in [0.5, 0.6) is 0 Å². The Morgan fingerprint density at radius 1 is 1.04 bits per heavy atom. The molecular weight excluding hydrogens is 292 g/mol. The van der Waals surface area contributed by atoms with Crippen molar-refractivity contribution in [2.24, 2.45) is 0 Å². The zero-order valence-electron chi connectivity index (χ0n) is 15.3. The summed E-state index contributed by atoms with van der Waals surface area (Å²) >= 11 is 0. The summed E-state index contributed by atoms with van der Waals surface area (Å²) in [6.07, 6.45) is 6.17. The van der Waals surface area contributed by atoms with Gasteiger partial charge in [0.25, 0.3) is 0 Å². The highest BCUT2D eigenvalue weighted by molar-refractivity contribution is 5.73. The Bertz CT molecular complexity index is 476. The van der Waals surface area contributed by atoms with Crippen LogP contribution in [0.1, 0.15) is 79.6 Å². The third kappa shape index (κ3) is 2.76. The molecule has 3 fully saturated rings. The lowest BCUT2D eigenvalue weighted by Crippen LogP contribution is -3.06. The molecule has 0 aromatic heterocycles. The number of carbonyl (C=O) groups is 1. The minimum absolute atomic E-state index is 0.0220. The number of carbonyl (C=O) groups excluding carboxylic acids is 1. The van der Waals surface area contributed by atoms with Crippen LogP contribution in [-0.4, -0.2) is 44.5 Å². The average molecular weight is 325 g/mol. The number of ether oxygens (including phenoxy) is 1. The summed E-state index contributed by atoms with van der Waals surface area (Å²) in [7, 11) is 0. The molecule has 1 saturated carbocycles. The molecule has 3 aliphatic rings. The quantitative estimate of drug-likeness (QED) is 0.776. The SMILES string of the molecule is CC1(C)CC(N2C(=O)OC3(CCCCC3)[C@]2(C)O)CC(C)(C)[NH2+]1. The van der Waals surface area contributed by atoms with Crippen molar-refractivity contribution in [1.29, 1.82) is 0 Å². The molecular formula is C18H33N2O3+. The molecule has 2 heterocycles. The summed E-state index contributed by atoms with van der Waals surface area (Å²) in [6, 6.07) is 0.0220. The van der Waals surface area contributed by atoms with E-state index in [9.17, 15) is 9.90 Å². The van der Waals surface area contributed by atoms with Gasteiger partial charge in [0.2, 0.25) is 0 Å². The van der Waals surface area contributed by atoms with E-state index in [2.05, 4.69) is 33.0 Å². The van der Waals surface area contributed by atoms with E-state index in [1.54, 1.807) is 11.8 Å². The van der Waals surface area contributed by atoms with E-state index in [-0.39, 0.29) is 23.2 Å². The van der Waals surface area contributed by atoms with E-state index >= 15 is 0 Å². The Balaban J connectivity index is 1.91. The summed E-state index contributed by atoms with van der Waals surface area (Å²) in [5.41, 5.74) is -1.83. The highest BCUT2D eigenvalue weighted by atomic mass is 16.6. The fraction of sp³-hybridized carbons (Fsp3) is 0.944. The summed E-state index contributed by atoms with van der Waals surface area (Å²) < 4.78 is 5.83. The number of amides is 1. The lowest BCUT2D eigenvalue weighted by Gasteiger charge is -2.49. The van der Waals surface area contributed by atoms with Crippen molar-refractivity contribution in [2.75, 3.05) is 0 Å². The van der Waals surface area contributed by atoms with Crippen LogP contribution in [0.3, 0.4) is 0 Å². The van der Waals surface area contributed by atoms with E-state index in [0.29, 0.717) is 0 Å². The molecule has 3 rings (SSSR count). The first-order valence-corrected chi connectivity index (χ1v) is 9.10. The number of hydrogen-bond acceptors (Lipinski definition) is 3. The van der Waals surface area contributed by atoms with Gasteiger partial charge in [0.05, 0.1) is 11.1 Å². The van der Waals surface area contributed by atoms with Gasteiger partial charge in [0, 0.05) is 18.9 Å². The molecule has 23 heavy (non-hydrogen) atoms. The van der Waals surface area contributed by atoms with Crippen molar-refractivity contribution in [2.45, 2.75) is 108 Å². The molecule has 132 valence electrons. The van der Waals surface area contributed by atoms with Crippen LogP contribution in [0, 0.1) is 0 Å². The molecule has 5 nitrogen and oxygen atoms in total. The lowest BCUT2D eigenvalue weighted by atomic mass is 9.75. The number of nitrogens with two attached hydrogens (primary N) is 1. The third-order valence-electron chi connectivity index (χ3n) is 6.14. The lowest BCUT2D eigenvalue weighted by molar-refractivity contribution is -0.788. The molecule has 1 atom stereocenters. The summed E-state index contributed by atoms with van der Waals surface area (Å²) in [5.74, 6) is 0. The van der Waals surface area contributed by atoms with Crippen LogP contribution < -0.4 is 5.32 Å². The molecule has 2 aliphatic heterocycles. The van der Waals surface area contributed by atoms with E-state index in [1.165, 1.54) is 0 Å². The highest BCUT2D eigenvalue weighted by Crippen LogP contribution is 2.49. The first kappa shape index (κ1) is 17.0.